The molecule has 1 saturated carbocycles. The summed E-state index contributed by atoms with van der Waals surface area (Å²) >= 11 is 1.77. The van der Waals surface area contributed by atoms with Gasteiger partial charge in [0.05, 0.1) is 11.5 Å². The first-order valence-corrected chi connectivity index (χ1v) is 9.71. The van der Waals surface area contributed by atoms with Crippen LogP contribution < -0.4 is 0 Å². The zero-order valence-corrected chi connectivity index (χ0v) is 14.8. The maximum absolute atomic E-state index is 13.0. The van der Waals surface area contributed by atoms with Crippen LogP contribution in [0.1, 0.15) is 36.6 Å². The summed E-state index contributed by atoms with van der Waals surface area (Å²) in [7, 11) is 0. The lowest BCUT2D eigenvalue weighted by Crippen LogP contribution is -2.48. The molecule has 0 bridgehead atoms. The first kappa shape index (κ1) is 16.1. The van der Waals surface area contributed by atoms with Crippen LogP contribution in [0.5, 0.6) is 0 Å². The number of nitrogens with zero attached hydrogens (tertiary/aromatic N) is 2. The van der Waals surface area contributed by atoms with Gasteiger partial charge in [-0.15, -0.1) is 11.3 Å². The smallest absolute Gasteiger partial charge is 0.311 e. The predicted octanol–water partition coefficient (Wildman–Crippen LogP) is 2.21. The van der Waals surface area contributed by atoms with Gasteiger partial charge in [-0.3, -0.25) is 14.5 Å². The Labute approximate surface area is 146 Å². The van der Waals surface area contributed by atoms with Gasteiger partial charge in [-0.1, -0.05) is 6.42 Å². The van der Waals surface area contributed by atoms with Gasteiger partial charge in [0.2, 0.25) is 5.91 Å². The Morgan fingerprint density at radius 3 is 3.04 bits per heavy atom. The van der Waals surface area contributed by atoms with Gasteiger partial charge in [0.25, 0.3) is 0 Å². The van der Waals surface area contributed by atoms with Gasteiger partial charge < -0.3 is 10.0 Å². The lowest BCUT2D eigenvalue weighted by Gasteiger charge is -2.33. The summed E-state index contributed by atoms with van der Waals surface area (Å²) in [5.74, 6) is -0.324. The molecule has 6 heteroatoms. The van der Waals surface area contributed by atoms with Gasteiger partial charge in [0.1, 0.15) is 0 Å². The highest BCUT2D eigenvalue weighted by Crippen LogP contribution is 2.49. The lowest BCUT2D eigenvalue weighted by atomic mass is 9.81. The van der Waals surface area contributed by atoms with Gasteiger partial charge in [-0.05, 0) is 49.1 Å². The van der Waals surface area contributed by atoms with Crippen molar-refractivity contribution in [1.29, 1.82) is 0 Å². The number of fused-ring (bicyclic) bond motifs is 2. The lowest BCUT2D eigenvalue weighted by molar-refractivity contribution is -0.150. The first-order valence-electron chi connectivity index (χ1n) is 8.83. The minimum Gasteiger partial charge on any atom is -0.481 e. The largest absolute Gasteiger partial charge is 0.481 e. The molecule has 0 aromatic carbocycles. The number of amides is 1. The third-order valence-corrected chi connectivity index (χ3v) is 7.37. The second-order valence-corrected chi connectivity index (χ2v) is 8.54. The second kappa shape index (κ2) is 5.85. The number of carbonyl (C=O) groups is 2. The third-order valence-electron chi connectivity index (χ3n) is 6.35. The van der Waals surface area contributed by atoms with Crippen LogP contribution in [0.4, 0.5) is 0 Å². The zero-order chi connectivity index (χ0) is 16.9. The second-order valence-electron chi connectivity index (χ2n) is 7.53. The molecule has 130 valence electrons. The number of hydrogen-bond donors (Lipinski definition) is 1. The third kappa shape index (κ3) is 2.39. The van der Waals surface area contributed by atoms with E-state index >= 15 is 0 Å². The number of rotatable bonds is 3. The fraction of sp³-hybridized carbons (Fsp3) is 0.667. The van der Waals surface area contributed by atoms with Crippen LogP contribution >= 0.6 is 11.3 Å². The molecule has 1 aromatic heterocycles. The zero-order valence-electron chi connectivity index (χ0n) is 14.0. The maximum atomic E-state index is 13.0. The molecule has 2 fully saturated rings. The van der Waals surface area contributed by atoms with Crippen LogP contribution in [0.25, 0.3) is 0 Å². The molecule has 1 aliphatic carbocycles. The monoisotopic (exact) mass is 348 g/mol. The summed E-state index contributed by atoms with van der Waals surface area (Å²) in [6.07, 6.45) is 3.67. The summed E-state index contributed by atoms with van der Waals surface area (Å²) in [4.78, 5) is 30.2. The van der Waals surface area contributed by atoms with Crippen LogP contribution in [-0.4, -0.2) is 52.5 Å². The van der Waals surface area contributed by atoms with Crippen LogP contribution in [0.2, 0.25) is 0 Å². The molecule has 5 nitrogen and oxygen atoms in total. The van der Waals surface area contributed by atoms with E-state index in [1.54, 1.807) is 11.3 Å². The van der Waals surface area contributed by atoms with Gasteiger partial charge in [-0.2, -0.15) is 0 Å². The SMILES string of the molecule is CC(C(=O)N1CCc2sccc2C1)N1C[C@@H]2CCC[C@@]2(C(=O)O)C1. The molecular formula is C18H24N2O3S. The number of hydrogen-bond acceptors (Lipinski definition) is 4. The summed E-state index contributed by atoms with van der Waals surface area (Å²) in [5, 5.41) is 11.8. The van der Waals surface area contributed by atoms with E-state index in [1.165, 1.54) is 10.4 Å². The standard InChI is InChI=1S/C18H24N2O3S/c1-12(16(21)19-7-4-15-13(9-19)5-8-24-15)20-10-14-3-2-6-18(14,11-20)17(22)23/h5,8,12,14H,2-4,6-7,9-11H2,1H3,(H,22,23)/t12?,14-,18+/m0/s1. The number of likely N-dealkylation sites (tertiary alicyclic amines) is 1. The molecule has 3 heterocycles. The Kier molecular flexibility index (Phi) is 3.92. The van der Waals surface area contributed by atoms with E-state index in [9.17, 15) is 14.7 Å². The molecule has 1 N–H and O–H groups in total. The van der Waals surface area contributed by atoms with Crippen LogP contribution in [-0.2, 0) is 22.6 Å². The van der Waals surface area contributed by atoms with Crippen molar-refractivity contribution in [3.05, 3.63) is 21.9 Å². The average molecular weight is 348 g/mol. The van der Waals surface area contributed by atoms with Crippen LogP contribution in [0.15, 0.2) is 11.4 Å². The average Bonchev–Trinajstić information content (AvgIpc) is 3.25. The van der Waals surface area contributed by atoms with Crippen molar-refractivity contribution in [2.75, 3.05) is 19.6 Å². The Morgan fingerprint density at radius 1 is 1.46 bits per heavy atom. The summed E-state index contributed by atoms with van der Waals surface area (Å²) in [6.45, 7) is 4.69. The fourth-order valence-corrected chi connectivity index (χ4v) is 5.72. The summed E-state index contributed by atoms with van der Waals surface area (Å²) in [6, 6.07) is 1.89. The van der Waals surface area contributed by atoms with Crippen LogP contribution in [0, 0.1) is 11.3 Å². The van der Waals surface area contributed by atoms with Crippen molar-refractivity contribution in [1.82, 2.24) is 9.80 Å². The summed E-state index contributed by atoms with van der Waals surface area (Å²) < 4.78 is 0. The first-order chi connectivity index (χ1) is 11.5. The van der Waals surface area contributed by atoms with Gasteiger partial charge in [-0.25, -0.2) is 0 Å². The van der Waals surface area contributed by atoms with E-state index in [1.807, 2.05) is 11.8 Å². The Morgan fingerprint density at radius 2 is 2.29 bits per heavy atom. The van der Waals surface area contributed by atoms with E-state index < -0.39 is 11.4 Å². The highest BCUT2D eigenvalue weighted by molar-refractivity contribution is 7.10. The molecule has 1 amide bonds. The molecule has 3 aliphatic rings. The Hall–Kier alpha value is -1.40. The number of carboxylic acids is 1. The quantitative estimate of drug-likeness (QED) is 0.910. The number of carboxylic acid groups (broad SMARTS) is 1. The van der Waals surface area contributed by atoms with Crippen molar-refractivity contribution < 1.29 is 14.7 Å². The molecule has 0 spiro atoms. The maximum Gasteiger partial charge on any atom is 0.311 e. The Bertz CT molecular complexity index is 673. The summed E-state index contributed by atoms with van der Waals surface area (Å²) in [5.41, 5.74) is 0.656. The van der Waals surface area contributed by atoms with Gasteiger partial charge in [0.15, 0.2) is 0 Å². The van der Waals surface area contributed by atoms with Crippen molar-refractivity contribution in [3.63, 3.8) is 0 Å². The molecule has 24 heavy (non-hydrogen) atoms. The highest BCUT2D eigenvalue weighted by Gasteiger charge is 2.56. The van der Waals surface area contributed by atoms with Crippen molar-refractivity contribution in [3.8, 4) is 0 Å². The van der Waals surface area contributed by atoms with E-state index in [2.05, 4.69) is 16.3 Å². The number of thiophene rings is 1. The van der Waals surface area contributed by atoms with E-state index in [0.717, 1.165) is 38.8 Å². The Balaban J connectivity index is 1.46. The van der Waals surface area contributed by atoms with Crippen molar-refractivity contribution >= 4 is 23.2 Å². The van der Waals surface area contributed by atoms with Crippen molar-refractivity contribution in [2.24, 2.45) is 11.3 Å². The molecule has 2 aliphatic heterocycles. The number of aliphatic carboxylic acids is 1. The highest BCUT2D eigenvalue weighted by atomic mass is 32.1. The molecule has 4 rings (SSSR count). The molecule has 1 aromatic rings. The normalized spacial score (nSPS) is 30.9. The number of carbonyl (C=O) groups excluding carboxylic acids is 1. The van der Waals surface area contributed by atoms with Gasteiger partial charge >= 0.3 is 5.97 Å². The molecular weight excluding hydrogens is 324 g/mol. The van der Waals surface area contributed by atoms with Gasteiger partial charge in [0, 0.05) is 31.1 Å². The molecule has 3 atom stereocenters. The minimum atomic E-state index is -0.673. The predicted molar refractivity (Wildman–Crippen MR) is 91.9 cm³/mol. The van der Waals surface area contributed by atoms with Crippen molar-refractivity contribution in [2.45, 2.75) is 45.2 Å². The van der Waals surface area contributed by atoms with E-state index in [-0.39, 0.29) is 17.9 Å². The topological polar surface area (TPSA) is 60.9 Å². The molecule has 0 radical (unpaired) electrons. The minimum absolute atomic E-state index is 0.146. The fourth-order valence-electron chi connectivity index (χ4n) is 4.83. The molecule has 1 saturated heterocycles. The van der Waals surface area contributed by atoms with E-state index in [4.69, 9.17) is 0 Å². The molecule has 1 unspecified atom stereocenters. The van der Waals surface area contributed by atoms with Crippen LogP contribution in [0.3, 0.4) is 0 Å². The van der Waals surface area contributed by atoms with E-state index in [0.29, 0.717) is 13.1 Å².